The highest BCUT2D eigenvalue weighted by molar-refractivity contribution is 7.99. The van der Waals surface area contributed by atoms with Crippen LogP contribution in [0.2, 0.25) is 0 Å². The second-order valence-electron chi connectivity index (χ2n) is 3.92. The first-order valence-corrected chi connectivity index (χ1v) is 6.29. The lowest BCUT2D eigenvalue weighted by atomic mass is 10.1. The van der Waals surface area contributed by atoms with Crippen LogP contribution >= 0.6 is 11.8 Å². The molecule has 94 valence electrons. The third kappa shape index (κ3) is 3.09. The number of rotatable bonds is 3. The average Bonchev–Trinajstić information content (AvgIpc) is 2.31. The molecule has 1 atom stereocenters. The lowest BCUT2D eigenvalue weighted by molar-refractivity contribution is 0.196. The zero-order valence-electron chi connectivity index (χ0n) is 9.73. The molecule has 1 nitrogen and oxygen atoms in total. The lowest BCUT2D eigenvalue weighted by Crippen LogP contribution is -1.95. The topological polar surface area (TPSA) is 20.2 Å². The number of aliphatic hydroxyl groups excluding tert-OH is 1. The van der Waals surface area contributed by atoms with Gasteiger partial charge in [0.1, 0.15) is 11.6 Å². The first-order valence-electron chi connectivity index (χ1n) is 5.47. The first-order chi connectivity index (χ1) is 8.56. The number of aliphatic hydroxyl groups is 1. The fourth-order valence-corrected chi connectivity index (χ4v) is 2.65. The molecule has 0 aliphatic rings. The summed E-state index contributed by atoms with van der Waals surface area (Å²) in [6.45, 7) is 1.57. The molecular formula is C14H12F2OS. The van der Waals surface area contributed by atoms with Gasteiger partial charge in [0.25, 0.3) is 0 Å². The first kappa shape index (κ1) is 13.1. The van der Waals surface area contributed by atoms with Crippen LogP contribution in [0, 0.1) is 11.6 Å². The van der Waals surface area contributed by atoms with E-state index < -0.39 is 11.9 Å². The Morgan fingerprint density at radius 3 is 2.44 bits per heavy atom. The summed E-state index contributed by atoms with van der Waals surface area (Å²) in [5.74, 6) is -0.713. The summed E-state index contributed by atoms with van der Waals surface area (Å²) in [4.78, 5) is 1.43. The zero-order valence-corrected chi connectivity index (χ0v) is 10.5. The molecule has 0 saturated carbocycles. The Balaban J connectivity index is 2.34. The van der Waals surface area contributed by atoms with Gasteiger partial charge < -0.3 is 5.11 Å². The maximum absolute atomic E-state index is 13.1. The Bertz CT molecular complexity index is 555. The summed E-state index contributed by atoms with van der Waals surface area (Å²) in [6.07, 6.45) is -0.767. The van der Waals surface area contributed by atoms with Crippen LogP contribution in [0.3, 0.4) is 0 Å². The van der Waals surface area contributed by atoms with E-state index in [0.29, 0.717) is 10.5 Å². The maximum atomic E-state index is 13.1. The third-order valence-corrected chi connectivity index (χ3v) is 3.53. The van der Waals surface area contributed by atoms with Crippen LogP contribution in [0.25, 0.3) is 0 Å². The Morgan fingerprint density at radius 1 is 1.06 bits per heavy atom. The van der Waals surface area contributed by atoms with Crippen LogP contribution in [0.5, 0.6) is 0 Å². The number of hydrogen-bond acceptors (Lipinski definition) is 2. The van der Waals surface area contributed by atoms with Gasteiger partial charge in [0, 0.05) is 9.79 Å². The van der Waals surface area contributed by atoms with Gasteiger partial charge in [-0.2, -0.15) is 0 Å². The molecule has 1 unspecified atom stereocenters. The molecule has 4 heteroatoms. The number of hydrogen-bond donors (Lipinski definition) is 1. The van der Waals surface area contributed by atoms with Crippen molar-refractivity contribution in [2.75, 3.05) is 0 Å². The van der Waals surface area contributed by atoms with Gasteiger partial charge >= 0.3 is 0 Å². The van der Waals surface area contributed by atoms with Crippen LogP contribution in [-0.4, -0.2) is 5.11 Å². The van der Waals surface area contributed by atoms with Crippen molar-refractivity contribution < 1.29 is 13.9 Å². The molecule has 0 radical (unpaired) electrons. The summed E-state index contributed by atoms with van der Waals surface area (Å²) < 4.78 is 26.2. The quantitative estimate of drug-likeness (QED) is 0.899. The van der Waals surface area contributed by atoms with Crippen molar-refractivity contribution >= 4 is 11.8 Å². The molecule has 2 rings (SSSR count). The van der Waals surface area contributed by atoms with E-state index in [2.05, 4.69) is 0 Å². The minimum absolute atomic E-state index is 0.319. The largest absolute Gasteiger partial charge is 0.389 e. The van der Waals surface area contributed by atoms with Gasteiger partial charge in [-0.3, -0.25) is 0 Å². The van der Waals surface area contributed by atoms with Gasteiger partial charge in [-0.15, -0.1) is 0 Å². The number of halogens is 2. The lowest BCUT2D eigenvalue weighted by Gasteiger charge is -2.11. The van der Waals surface area contributed by atoms with Crippen molar-refractivity contribution in [3.63, 3.8) is 0 Å². The molecule has 0 aromatic heterocycles. The highest BCUT2D eigenvalue weighted by Gasteiger charge is 2.10. The Morgan fingerprint density at radius 2 is 1.78 bits per heavy atom. The standard InChI is InChI=1S/C14H12F2OS/c1-9(17)13-8-11(16)5-6-14(13)18-12-4-2-3-10(15)7-12/h2-9,17H,1H3. The number of benzene rings is 2. The Kier molecular flexibility index (Phi) is 3.99. The van der Waals surface area contributed by atoms with E-state index in [4.69, 9.17) is 0 Å². The summed E-state index contributed by atoms with van der Waals surface area (Å²) in [5.41, 5.74) is 0.504. The Hall–Kier alpha value is -1.39. The Labute approximate surface area is 108 Å². The summed E-state index contributed by atoms with van der Waals surface area (Å²) in [5, 5.41) is 9.61. The SMILES string of the molecule is CC(O)c1cc(F)ccc1Sc1cccc(F)c1. The smallest absolute Gasteiger partial charge is 0.124 e. The van der Waals surface area contributed by atoms with E-state index >= 15 is 0 Å². The molecule has 0 aliphatic heterocycles. The maximum Gasteiger partial charge on any atom is 0.124 e. The second kappa shape index (κ2) is 5.50. The van der Waals surface area contributed by atoms with Gasteiger partial charge in [0.2, 0.25) is 0 Å². The van der Waals surface area contributed by atoms with Gasteiger partial charge in [0.05, 0.1) is 6.10 Å². The monoisotopic (exact) mass is 266 g/mol. The second-order valence-corrected chi connectivity index (χ2v) is 5.03. The fourth-order valence-electron chi connectivity index (χ4n) is 1.60. The molecule has 0 heterocycles. The highest BCUT2D eigenvalue weighted by atomic mass is 32.2. The van der Waals surface area contributed by atoms with E-state index in [1.807, 2.05) is 0 Å². The minimum atomic E-state index is -0.767. The summed E-state index contributed by atoms with van der Waals surface area (Å²) >= 11 is 1.30. The molecule has 1 N–H and O–H groups in total. The molecule has 2 aromatic carbocycles. The third-order valence-electron chi connectivity index (χ3n) is 2.45. The van der Waals surface area contributed by atoms with E-state index in [0.717, 1.165) is 4.90 Å². The van der Waals surface area contributed by atoms with Crippen LogP contribution < -0.4 is 0 Å². The van der Waals surface area contributed by atoms with Crippen LogP contribution in [0.4, 0.5) is 8.78 Å². The van der Waals surface area contributed by atoms with Gasteiger partial charge in [0.15, 0.2) is 0 Å². The summed E-state index contributed by atoms with van der Waals surface area (Å²) in [6, 6.07) is 10.4. The molecule has 0 saturated heterocycles. The van der Waals surface area contributed by atoms with Gasteiger partial charge in [-0.25, -0.2) is 8.78 Å². The molecule has 0 spiro atoms. The summed E-state index contributed by atoms with van der Waals surface area (Å²) in [7, 11) is 0. The molecule has 0 bridgehead atoms. The molecule has 0 amide bonds. The molecule has 0 aliphatic carbocycles. The van der Waals surface area contributed by atoms with E-state index in [1.165, 1.54) is 36.0 Å². The molecule has 0 fully saturated rings. The van der Waals surface area contributed by atoms with Gasteiger partial charge in [-0.05, 0) is 48.9 Å². The van der Waals surface area contributed by atoms with E-state index in [1.54, 1.807) is 25.1 Å². The molecule has 18 heavy (non-hydrogen) atoms. The molecule has 2 aromatic rings. The molecular weight excluding hydrogens is 254 g/mol. The van der Waals surface area contributed by atoms with Crippen molar-refractivity contribution in [2.24, 2.45) is 0 Å². The highest BCUT2D eigenvalue weighted by Crippen LogP contribution is 2.33. The van der Waals surface area contributed by atoms with Crippen molar-refractivity contribution in [1.29, 1.82) is 0 Å². The van der Waals surface area contributed by atoms with E-state index in [-0.39, 0.29) is 5.82 Å². The zero-order chi connectivity index (χ0) is 13.1. The predicted octanol–water partition coefficient (Wildman–Crippen LogP) is 4.17. The van der Waals surface area contributed by atoms with Gasteiger partial charge in [-0.1, -0.05) is 17.8 Å². The van der Waals surface area contributed by atoms with Crippen molar-refractivity contribution in [1.82, 2.24) is 0 Å². The van der Waals surface area contributed by atoms with Crippen LogP contribution in [0.1, 0.15) is 18.6 Å². The normalized spacial score (nSPS) is 12.4. The van der Waals surface area contributed by atoms with Crippen LogP contribution in [0.15, 0.2) is 52.3 Å². The minimum Gasteiger partial charge on any atom is -0.389 e. The van der Waals surface area contributed by atoms with Crippen molar-refractivity contribution in [2.45, 2.75) is 22.8 Å². The average molecular weight is 266 g/mol. The van der Waals surface area contributed by atoms with Crippen molar-refractivity contribution in [3.8, 4) is 0 Å². The van der Waals surface area contributed by atoms with Crippen molar-refractivity contribution in [3.05, 3.63) is 59.7 Å². The fraction of sp³-hybridized carbons (Fsp3) is 0.143. The van der Waals surface area contributed by atoms with E-state index in [9.17, 15) is 13.9 Å². The van der Waals surface area contributed by atoms with Crippen LogP contribution in [-0.2, 0) is 0 Å². The predicted molar refractivity (Wildman–Crippen MR) is 67.6 cm³/mol.